The van der Waals surface area contributed by atoms with Crippen LogP contribution in [-0.2, 0) is 28.4 Å². The summed E-state index contributed by atoms with van der Waals surface area (Å²) >= 11 is 0. The predicted octanol–water partition coefficient (Wildman–Crippen LogP) is 3.27. The quantitative estimate of drug-likeness (QED) is 0.762. The highest BCUT2D eigenvalue weighted by molar-refractivity contribution is 5.01. The normalized spacial score (nSPS) is 44.0. The van der Waals surface area contributed by atoms with E-state index in [1.807, 2.05) is 6.92 Å². The second-order valence-corrected chi connectivity index (χ2v) is 8.50. The fourth-order valence-corrected chi connectivity index (χ4v) is 5.46. The van der Waals surface area contributed by atoms with Crippen molar-refractivity contribution in [2.45, 2.75) is 113 Å². The molecule has 2 aliphatic carbocycles. The van der Waals surface area contributed by atoms with Crippen LogP contribution >= 0.6 is 0 Å². The number of rotatable bonds is 3. The molecule has 0 amide bonds. The molecule has 0 bridgehead atoms. The Morgan fingerprint density at radius 1 is 0.808 bits per heavy atom. The lowest BCUT2D eigenvalue weighted by atomic mass is 9.94. The topological polar surface area (TPSA) is 55.4 Å². The molecule has 5 aliphatic rings. The lowest BCUT2D eigenvalue weighted by Crippen LogP contribution is -2.45. The molecular weight excluding hydrogens is 336 g/mol. The molecule has 6 nitrogen and oxygen atoms in total. The maximum absolute atomic E-state index is 6.44. The first kappa shape index (κ1) is 17.8. The molecule has 3 aliphatic heterocycles. The molecule has 0 aromatic carbocycles. The molecule has 5 fully saturated rings. The van der Waals surface area contributed by atoms with Gasteiger partial charge in [0, 0.05) is 32.3 Å². The van der Waals surface area contributed by atoms with Gasteiger partial charge in [-0.1, -0.05) is 12.8 Å². The molecule has 3 heterocycles. The zero-order valence-electron chi connectivity index (χ0n) is 15.8. The van der Waals surface area contributed by atoms with Gasteiger partial charge in [0.2, 0.25) is 0 Å². The van der Waals surface area contributed by atoms with Gasteiger partial charge in [0.05, 0.1) is 6.61 Å². The van der Waals surface area contributed by atoms with Crippen LogP contribution in [0.2, 0.25) is 0 Å². The monoisotopic (exact) mass is 368 g/mol. The van der Waals surface area contributed by atoms with E-state index in [2.05, 4.69) is 0 Å². The molecule has 148 valence electrons. The van der Waals surface area contributed by atoms with Crippen molar-refractivity contribution in [1.82, 2.24) is 0 Å². The van der Waals surface area contributed by atoms with Gasteiger partial charge in [-0.05, 0) is 32.6 Å². The van der Waals surface area contributed by atoms with Gasteiger partial charge in [-0.2, -0.15) is 0 Å². The van der Waals surface area contributed by atoms with Gasteiger partial charge in [-0.3, -0.25) is 0 Å². The predicted molar refractivity (Wildman–Crippen MR) is 92.5 cm³/mol. The molecule has 26 heavy (non-hydrogen) atoms. The number of hydrogen-bond donors (Lipinski definition) is 0. The van der Waals surface area contributed by atoms with Crippen LogP contribution in [-0.4, -0.2) is 55.5 Å². The zero-order chi connectivity index (χ0) is 17.6. The fraction of sp³-hybridized carbons (Fsp3) is 1.00. The van der Waals surface area contributed by atoms with Crippen LogP contribution < -0.4 is 0 Å². The van der Waals surface area contributed by atoms with Crippen LogP contribution in [0.1, 0.15) is 71.1 Å². The Bertz CT molecular complexity index is 499. The smallest absolute Gasteiger partial charge is 0.190 e. The summed E-state index contributed by atoms with van der Waals surface area (Å²) in [5.41, 5.74) is 0. The molecule has 5 rings (SSSR count). The first-order valence-corrected chi connectivity index (χ1v) is 10.7. The van der Waals surface area contributed by atoms with Crippen molar-refractivity contribution in [1.29, 1.82) is 0 Å². The molecule has 0 radical (unpaired) electrons. The number of fused-ring (bicyclic) bond motifs is 1. The number of ether oxygens (including phenoxy) is 6. The summed E-state index contributed by atoms with van der Waals surface area (Å²) in [5.74, 6) is -0.849. The van der Waals surface area contributed by atoms with E-state index < -0.39 is 11.6 Å². The van der Waals surface area contributed by atoms with Crippen molar-refractivity contribution in [2.24, 2.45) is 0 Å². The minimum atomic E-state index is -0.453. The average molecular weight is 368 g/mol. The summed E-state index contributed by atoms with van der Waals surface area (Å²) < 4.78 is 37.7. The maximum Gasteiger partial charge on any atom is 0.190 e. The van der Waals surface area contributed by atoms with E-state index in [1.54, 1.807) is 0 Å². The Balaban J connectivity index is 1.29. The van der Waals surface area contributed by atoms with Crippen molar-refractivity contribution in [3.05, 3.63) is 0 Å². The van der Waals surface area contributed by atoms with Crippen LogP contribution in [0.15, 0.2) is 0 Å². The highest BCUT2D eigenvalue weighted by Gasteiger charge is 2.61. The molecule has 2 spiro atoms. The van der Waals surface area contributed by atoms with Gasteiger partial charge in [-0.25, -0.2) is 0 Å². The SMILES string of the molecule is CCO[C@H]1[C@@H]2OC3(CCCCC3)O[C@H]2O[C@H]1[C@@H]1COC2(CCCCC2)O1. The first-order valence-electron chi connectivity index (χ1n) is 10.7. The summed E-state index contributed by atoms with van der Waals surface area (Å²) in [6.07, 6.45) is 10.1. The van der Waals surface area contributed by atoms with E-state index in [4.69, 9.17) is 28.4 Å². The van der Waals surface area contributed by atoms with E-state index >= 15 is 0 Å². The van der Waals surface area contributed by atoms with Gasteiger partial charge < -0.3 is 28.4 Å². The van der Waals surface area contributed by atoms with Crippen molar-refractivity contribution < 1.29 is 28.4 Å². The molecule has 3 saturated heterocycles. The Kier molecular flexibility index (Phi) is 4.78. The van der Waals surface area contributed by atoms with E-state index in [0.29, 0.717) is 13.2 Å². The van der Waals surface area contributed by atoms with Crippen LogP contribution in [0, 0.1) is 0 Å². The molecular formula is C20H32O6. The Morgan fingerprint density at radius 2 is 1.50 bits per heavy atom. The van der Waals surface area contributed by atoms with Crippen LogP contribution in [0.5, 0.6) is 0 Å². The lowest BCUT2D eigenvalue weighted by molar-refractivity contribution is -0.262. The van der Waals surface area contributed by atoms with E-state index in [1.165, 1.54) is 25.7 Å². The highest BCUT2D eigenvalue weighted by Crippen LogP contribution is 2.48. The Morgan fingerprint density at radius 3 is 2.19 bits per heavy atom. The summed E-state index contributed by atoms with van der Waals surface area (Å²) in [5, 5.41) is 0. The largest absolute Gasteiger partial charge is 0.373 e. The van der Waals surface area contributed by atoms with Crippen molar-refractivity contribution in [2.75, 3.05) is 13.2 Å². The fourth-order valence-electron chi connectivity index (χ4n) is 5.46. The van der Waals surface area contributed by atoms with E-state index in [9.17, 15) is 0 Å². The molecule has 6 heteroatoms. The summed E-state index contributed by atoms with van der Waals surface area (Å²) in [6.45, 7) is 3.22. The standard InChI is InChI=1S/C20H32O6/c1-2-21-16-15(14-13-22-19(24-14)9-5-3-6-10-19)23-18-17(16)25-20(26-18)11-7-4-8-12-20/h14-18H,2-13H2,1H3/t14-,15-,16+,17-,18+/m0/s1. The second-order valence-electron chi connectivity index (χ2n) is 8.50. The van der Waals surface area contributed by atoms with Crippen LogP contribution in [0.4, 0.5) is 0 Å². The van der Waals surface area contributed by atoms with Crippen molar-refractivity contribution in [3.63, 3.8) is 0 Å². The molecule has 5 atom stereocenters. The van der Waals surface area contributed by atoms with Crippen LogP contribution in [0.3, 0.4) is 0 Å². The van der Waals surface area contributed by atoms with E-state index in [-0.39, 0.29) is 30.7 Å². The van der Waals surface area contributed by atoms with Gasteiger partial charge in [-0.15, -0.1) is 0 Å². The Labute approximate surface area is 155 Å². The lowest BCUT2D eigenvalue weighted by Gasteiger charge is -2.35. The molecule has 0 aromatic heterocycles. The second kappa shape index (κ2) is 6.98. The number of hydrogen-bond acceptors (Lipinski definition) is 6. The highest BCUT2D eigenvalue weighted by atomic mass is 16.9. The minimum Gasteiger partial charge on any atom is -0.373 e. The first-order chi connectivity index (χ1) is 12.7. The third kappa shape index (κ3) is 3.03. The zero-order valence-corrected chi connectivity index (χ0v) is 15.8. The summed E-state index contributed by atoms with van der Waals surface area (Å²) in [7, 11) is 0. The average Bonchev–Trinajstić information content (AvgIpc) is 3.30. The molecule has 0 N–H and O–H groups in total. The maximum atomic E-state index is 6.44. The van der Waals surface area contributed by atoms with E-state index in [0.717, 1.165) is 38.5 Å². The van der Waals surface area contributed by atoms with Gasteiger partial charge in [0.15, 0.2) is 17.9 Å². The van der Waals surface area contributed by atoms with Crippen molar-refractivity contribution in [3.8, 4) is 0 Å². The van der Waals surface area contributed by atoms with Crippen molar-refractivity contribution >= 4 is 0 Å². The third-order valence-electron chi connectivity index (χ3n) is 6.72. The molecule has 2 saturated carbocycles. The van der Waals surface area contributed by atoms with Gasteiger partial charge >= 0.3 is 0 Å². The molecule has 0 aromatic rings. The van der Waals surface area contributed by atoms with Gasteiger partial charge in [0.25, 0.3) is 0 Å². The van der Waals surface area contributed by atoms with Crippen LogP contribution in [0.25, 0.3) is 0 Å². The Hall–Kier alpha value is -0.240. The summed E-state index contributed by atoms with van der Waals surface area (Å²) in [4.78, 5) is 0. The minimum absolute atomic E-state index is 0.107. The summed E-state index contributed by atoms with van der Waals surface area (Å²) in [6, 6.07) is 0. The third-order valence-corrected chi connectivity index (χ3v) is 6.72. The molecule has 0 unspecified atom stereocenters. The van der Waals surface area contributed by atoms with Gasteiger partial charge in [0.1, 0.15) is 24.4 Å².